The molecule has 5 aliphatic carbocycles. The number of ether oxygens (including phenoxy) is 2. The molecule has 5 aliphatic rings. The molecule has 0 aromatic heterocycles. The molecule has 36 heavy (non-hydrogen) atoms. The van der Waals surface area contributed by atoms with Crippen LogP contribution in [-0.4, -0.2) is 25.8 Å². The van der Waals surface area contributed by atoms with Crippen LogP contribution in [-0.2, 0) is 14.3 Å². The first-order valence-electron chi connectivity index (χ1n) is 15.2. The Hall–Kier alpha value is -0.830. The van der Waals surface area contributed by atoms with E-state index in [-0.39, 0.29) is 17.5 Å². The van der Waals surface area contributed by atoms with Crippen LogP contribution in [0.25, 0.3) is 0 Å². The molecule has 0 bridgehead atoms. The molecule has 0 aromatic carbocycles. The third-order valence-corrected chi connectivity index (χ3v) is 13.5. The van der Waals surface area contributed by atoms with E-state index in [1.807, 2.05) is 12.7 Å². The van der Waals surface area contributed by atoms with Gasteiger partial charge in [0, 0.05) is 24.9 Å². The van der Waals surface area contributed by atoms with Crippen molar-refractivity contribution in [1.82, 2.24) is 0 Å². The van der Waals surface area contributed by atoms with Crippen LogP contribution in [0.4, 0.5) is 0 Å². The SMILES string of the molecule is COC[C@]12CCC(C(C)C)=C1[C@H]1CC[C@@H]3[C@@]4(C)CC[C@H](OC(C)=O)C(C)(C)[C@@H]4CC[C@@]3(C)[C@]1(C)CC2. The molecule has 0 saturated heterocycles. The second-order valence-corrected chi connectivity index (χ2v) is 15.4. The van der Waals surface area contributed by atoms with Crippen molar-refractivity contribution in [3.05, 3.63) is 11.1 Å². The Balaban J connectivity index is 1.53. The fraction of sp³-hybridized carbons (Fsp3) is 0.909. The first-order chi connectivity index (χ1) is 16.8. The van der Waals surface area contributed by atoms with Crippen LogP contribution in [0, 0.1) is 50.7 Å². The first-order valence-corrected chi connectivity index (χ1v) is 15.2. The highest BCUT2D eigenvalue weighted by molar-refractivity contribution is 5.66. The van der Waals surface area contributed by atoms with Crippen molar-refractivity contribution in [2.45, 2.75) is 126 Å². The van der Waals surface area contributed by atoms with Gasteiger partial charge in [0.05, 0.1) is 6.61 Å². The Labute approximate surface area is 221 Å². The molecule has 3 heteroatoms. The minimum Gasteiger partial charge on any atom is -0.462 e. The highest BCUT2D eigenvalue weighted by atomic mass is 16.5. The lowest BCUT2D eigenvalue weighted by Gasteiger charge is -2.72. The van der Waals surface area contributed by atoms with Crippen molar-refractivity contribution in [3.8, 4) is 0 Å². The van der Waals surface area contributed by atoms with Crippen LogP contribution in [0.3, 0.4) is 0 Å². The molecule has 8 atom stereocenters. The summed E-state index contributed by atoms with van der Waals surface area (Å²) in [6.07, 6.45) is 12.8. The fourth-order valence-electron chi connectivity index (χ4n) is 11.7. The van der Waals surface area contributed by atoms with E-state index in [0.29, 0.717) is 39.4 Å². The molecule has 3 nitrogen and oxygen atoms in total. The number of carbonyl (C=O) groups excluding carboxylic acids is 1. The molecule has 4 saturated carbocycles. The molecule has 0 unspecified atom stereocenters. The van der Waals surface area contributed by atoms with Gasteiger partial charge < -0.3 is 9.47 Å². The monoisotopic (exact) mass is 498 g/mol. The average Bonchev–Trinajstić information content (AvgIpc) is 3.16. The molecule has 0 N–H and O–H groups in total. The largest absolute Gasteiger partial charge is 0.462 e. The molecule has 0 amide bonds. The number of rotatable bonds is 4. The lowest BCUT2D eigenvalue weighted by molar-refractivity contribution is -0.233. The van der Waals surface area contributed by atoms with Crippen molar-refractivity contribution < 1.29 is 14.3 Å². The summed E-state index contributed by atoms with van der Waals surface area (Å²) in [4.78, 5) is 11.9. The number of allylic oxidation sites excluding steroid dienone is 1. The number of methoxy groups -OCH3 is 1. The number of hydrogen-bond donors (Lipinski definition) is 0. The van der Waals surface area contributed by atoms with E-state index in [2.05, 4.69) is 48.5 Å². The standard InChI is InChI=1S/C33H54O3/c1-21(2)23-12-17-33(20-35-9)19-18-31(7)24(28(23)33)10-11-26-30(6)15-14-27(36-22(3)34)29(4,5)25(30)13-16-32(26,31)8/h21,24-27H,10-20H2,1-9H3/t24-,25+,26-,27+,30+,31-,32-,33-/m1/s1. The van der Waals surface area contributed by atoms with Gasteiger partial charge in [0.15, 0.2) is 0 Å². The maximum absolute atomic E-state index is 11.9. The molecule has 0 aliphatic heterocycles. The van der Waals surface area contributed by atoms with E-state index in [1.165, 1.54) is 57.8 Å². The van der Waals surface area contributed by atoms with E-state index in [0.717, 1.165) is 18.9 Å². The van der Waals surface area contributed by atoms with Crippen LogP contribution in [0.5, 0.6) is 0 Å². The van der Waals surface area contributed by atoms with Crippen LogP contribution in [0.1, 0.15) is 120 Å². The van der Waals surface area contributed by atoms with Crippen molar-refractivity contribution in [2.24, 2.45) is 50.7 Å². The number of fused-ring (bicyclic) bond motifs is 7. The van der Waals surface area contributed by atoms with Gasteiger partial charge in [-0.15, -0.1) is 0 Å². The predicted octanol–water partition coefficient (Wildman–Crippen LogP) is 8.37. The van der Waals surface area contributed by atoms with Gasteiger partial charge in [-0.05, 0) is 104 Å². The molecule has 204 valence electrons. The number of hydrogen-bond acceptors (Lipinski definition) is 3. The lowest BCUT2D eigenvalue weighted by atomic mass is 9.33. The third kappa shape index (κ3) is 3.42. The lowest BCUT2D eigenvalue weighted by Crippen LogP contribution is -2.66. The minimum atomic E-state index is -0.113. The molecule has 0 spiro atoms. The van der Waals surface area contributed by atoms with Crippen LogP contribution >= 0.6 is 0 Å². The van der Waals surface area contributed by atoms with Crippen LogP contribution in [0.2, 0.25) is 0 Å². The zero-order valence-corrected chi connectivity index (χ0v) is 24.9. The van der Waals surface area contributed by atoms with Gasteiger partial charge in [-0.1, -0.05) is 59.6 Å². The summed E-state index contributed by atoms with van der Waals surface area (Å²) in [7, 11) is 1.92. The highest BCUT2D eigenvalue weighted by Crippen LogP contribution is 2.76. The number of esters is 1. The van der Waals surface area contributed by atoms with Gasteiger partial charge in [-0.3, -0.25) is 4.79 Å². The highest BCUT2D eigenvalue weighted by Gasteiger charge is 2.69. The van der Waals surface area contributed by atoms with Gasteiger partial charge in [0.25, 0.3) is 0 Å². The Morgan fingerprint density at radius 3 is 2.25 bits per heavy atom. The van der Waals surface area contributed by atoms with E-state index >= 15 is 0 Å². The topological polar surface area (TPSA) is 35.5 Å². The van der Waals surface area contributed by atoms with Gasteiger partial charge in [-0.25, -0.2) is 0 Å². The van der Waals surface area contributed by atoms with Crippen LogP contribution in [0.15, 0.2) is 11.1 Å². The predicted molar refractivity (Wildman–Crippen MR) is 146 cm³/mol. The Morgan fingerprint density at radius 1 is 0.889 bits per heavy atom. The zero-order chi connectivity index (χ0) is 26.3. The summed E-state index contributed by atoms with van der Waals surface area (Å²) < 4.78 is 11.9. The molecule has 0 radical (unpaired) electrons. The quantitative estimate of drug-likeness (QED) is 0.288. The van der Waals surface area contributed by atoms with E-state index in [9.17, 15) is 4.79 Å². The van der Waals surface area contributed by atoms with Gasteiger partial charge >= 0.3 is 5.97 Å². The Bertz CT molecular complexity index is 931. The summed E-state index contributed by atoms with van der Waals surface area (Å²) >= 11 is 0. The zero-order valence-electron chi connectivity index (χ0n) is 24.9. The van der Waals surface area contributed by atoms with Crippen molar-refractivity contribution in [3.63, 3.8) is 0 Å². The summed E-state index contributed by atoms with van der Waals surface area (Å²) in [6, 6.07) is 0. The van der Waals surface area contributed by atoms with E-state index in [4.69, 9.17) is 9.47 Å². The maximum atomic E-state index is 11.9. The van der Waals surface area contributed by atoms with Crippen molar-refractivity contribution >= 4 is 5.97 Å². The van der Waals surface area contributed by atoms with Gasteiger partial charge in [0.2, 0.25) is 0 Å². The second kappa shape index (κ2) is 8.59. The van der Waals surface area contributed by atoms with Crippen LogP contribution < -0.4 is 0 Å². The summed E-state index contributed by atoms with van der Waals surface area (Å²) in [5.74, 6) is 2.62. The number of carbonyl (C=O) groups is 1. The molecular weight excluding hydrogens is 444 g/mol. The second-order valence-electron chi connectivity index (χ2n) is 15.4. The molecule has 5 rings (SSSR count). The van der Waals surface area contributed by atoms with Crippen molar-refractivity contribution in [1.29, 1.82) is 0 Å². The summed E-state index contributed by atoms with van der Waals surface area (Å²) in [6.45, 7) is 20.2. The van der Waals surface area contributed by atoms with E-state index in [1.54, 1.807) is 12.5 Å². The van der Waals surface area contributed by atoms with Gasteiger partial charge in [0.1, 0.15) is 6.10 Å². The van der Waals surface area contributed by atoms with Gasteiger partial charge in [-0.2, -0.15) is 0 Å². The third-order valence-electron chi connectivity index (χ3n) is 13.5. The molecule has 0 aromatic rings. The maximum Gasteiger partial charge on any atom is 0.302 e. The summed E-state index contributed by atoms with van der Waals surface area (Å²) in [5, 5.41) is 0. The molecule has 0 heterocycles. The van der Waals surface area contributed by atoms with E-state index < -0.39 is 0 Å². The minimum absolute atomic E-state index is 0.0384. The molecular formula is C33H54O3. The fourth-order valence-corrected chi connectivity index (χ4v) is 11.7. The average molecular weight is 499 g/mol. The molecule has 4 fully saturated rings. The first kappa shape index (κ1) is 26.8. The summed E-state index contributed by atoms with van der Waals surface area (Å²) in [5.41, 5.74) is 5.03. The van der Waals surface area contributed by atoms with Crippen molar-refractivity contribution in [2.75, 3.05) is 13.7 Å². The Morgan fingerprint density at radius 2 is 1.61 bits per heavy atom. The normalized spacial score (nSPS) is 47.6. The smallest absolute Gasteiger partial charge is 0.302 e. The Kier molecular flexibility index (Phi) is 6.38.